The predicted molar refractivity (Wildman–Crippen MR) is 135 cm³/mol. The lowest BCUT2D eigenvalue weighted by molar-refractivity contribution is -0.115. The summed E-state index contributed by atoms with van der Waals surface area (Å²) in [6.45, 7) is 8.43. The third kappa shape index (κ3) is 6.16. The zero-order chi connectivity index (χ0) is 24.2. The van der Waals surface area contributed by atoms with Gasteiger partial charge in [-0.3, -0.25) is 14.9 Å². The van der Waals surface area contributed by atoms with E-state index in [-0.39, 0.29) is 35.8 Å². The van der Waals surface area contributed by atoms with E-state index in [0.717, 1.165) is 5.56 Å². The molecule has 0 saturated carbocycles. The summed E-state index contributed by atoms with van der Waals surface area (Å²) in [7, 11) is -3.26. The molecule has 0 aliphatic carbocycles. The lowest BCUT2D eigenvalue weighted by Crippen LogP contribution is -2.45. The molecule has 2 N–H and O–H groups in total. The molecule has 3 rings (SSSR count). The van der Waals surface area contributed by atoms with Gasteiger partial charge in [-0.1, -0.05) is 26.0 Å². The monoisotopic (exact) mass is 491 g/mol. The Morgan fingerprint density at radius 1 is 1.06 bits per heavy atom. The van der Waals surface area contributed by atoms with Crippen LogP contribution in [0.4, 0.5) is 5.69 Å². The molecule has 2 aromatic rings. The number of benzene rings is 2. The van der Waals surface area contributed by atoms with Crippen LogP contribution in [-0.4, -0.2) is 54.2 Å². The van der Waals surface area contributed by atoms with Crippen LogP contribution in [0.5, 0.6) is 0 Å². The molecule has 1 heterocycles. The lowest BCUT2D eigenvalue weighted by atomic mass is 10.1. The average molecular weight is 492 g/mol. The van der Waals surface area contributed by atoms with Crippen LogP contribution < -0.4 is 10.6 Å². The fourth-order valence-electron chi connectivity index (χ4n) is 3.53. The third-order valence-electron chi connectivity index (χ3n) is 5.78. The smallest absolute Gasteiger partial charge is 0.255 e. The number of sulfone groups is 1. The molecule has 0 radical (unpaired) electrons. The predicted octanol–water partition coefficient (Wildman–Crippen LogP) is 3.77. The number of nitrogens with zero attached hydrogens (tertiary/aromatic N) is 1. The van der Waals surface area contributed by atoms with E-state index >= 15 is 0 Å². The first-order chi connectivity index (χ1) is 15.6. The van der Waals surface area contributed by atoms with Crippen molar-refractivity contribution in [3.8, 4) is 0 Å². The molecule has 180 valence electrons. The normalized spacial score (nSPS) is 20.4. The number of amides is 2. The first kappa shape index (κ1) is 25.3. The third-order valence-corrected chi connectivity index (χ3v) is 9.02. The van der Waals surface area contributed by atoms with E-state index in [1.807, 2.05) is 11.8 Å². The Labute approximate surface area is 201 Å². The molecule has 1 aliphatic rings. The van der Waals surface area contributed by atoms with Crippen molar-refractivity contribution in [1.82, 2.24) is 10.2 Å². The van der Waals surface area contributed by atoms with Gasteiger partial charge < -0.3 is 10.2 Å². The van der Waals surface area contributed by atoms with Gasteiger partial charge >= 0.3 is 0 Å². The largest absolute Gasteiger partial charge is 0.326 e. The van der Waals surface area contributed by atoms with E-state index in [4.69, 9.17) is 0 Å². The molecule has 0 bridgehead atoms. The molecule has 0 aromatic heterocycles. The molecule has 1 aliphatic heterocycles. The number of hydrogen-bond acceptors (Lipinski definition) is 6. The Kier molecular flexibility index (Phi) is 8.20. The molecular formula is C24H33N3O4S2. The molecule has 3 atom stereocenters. The van der Waals surface area contributed by atoms with Gasteiger partial charge in [-0.15, -0.1) is 11.8 Å². The SMILES string of the molecule is CCN(C(=O)c1ccc(NC(=O)Cc2ccc(S(=O)(=O)CC)cc2)cc1)C1NC(C)C(C)S1.[HH]. The number of carbonyl (C=O) groups is 2. The second kappa shape index (κ2) is 10.7. The Hall–Kier alpha value is -2.36. The van der Waals surface area contributed by atoms with Gasteiger partial charge in [-0.2, -0.15) is 0 Å². The van der Waals surface area contributed by atoms with Crippen LogP contribution in [0.1, 0.15) is 45.0 Å². The minimum absolute atomic E-state index is 0. The summed E-state index contributed by atoms with van der Waals surface area (Å²) >= 11 is 1.75. The maximum absolute atomic E-state index is 13.0. The number of hydrogen-bond donors (Lipinski definition) is 2. The molecule has 3 unspecified atom stereocenters. The van der Waals surface area contributed by atoms with Crippen molar-refractivity contribution in [2.45, 2.75) is 55.8 Å². The Balaban J connectivity index is 0.00000408. The zero-order valence-electron chi connectivity index (χ0n) is 19.4. The summed E-state index contributed by atoms with van der Waals surface area (Å²) in [5.74, 6) is -0.232. The van der Waals surface area contributed by atoms with Crippen LogP contribution in [0.15, 0.2) is 53.4 Å². The molecule has 33 heavy (non-hydrogen) atoms. The standard InChI is InChI=1S/C24H31N3O4S2.H2/c1-5-27(24-25-16(3)17(4)32-24)23(29)19-9-11-20(12-10-19)26-22(28)15-18-7-13-21(14-8-18)33(30,31)6-2;/h7-14,16-17,24-25H,5-6,15H2,1-4H3,(H,26,28);1H. The summed E-state index contributed by atoms with van der Waals surface area (Å²) in [5, 5.41) is 6.71. The summed E-state index contributed by atoms with van der Waals surface area (Å²) < 4.78 is 23.8. The highest BCUT2D eigenvalue weighted by Gasteiger charge is 2.34. The fourth-order valence-corrected chi connectivity index (χ4v) is 5.82. The van der Waals surface area contributed by atoms with Crippen molar-refractivity contribution in [2.75, 3.05) is 17.6 Å². The van der Waals surface area contributed by atoms with Crippen LogP contribution in [0.25, 0.3) is 0 Å². The van der Waals surface area contributed by atoms with E-state index in [9.17, 15) is 18.0 Å². The summed E-state index contributed by atoms with van der Waals surface area (Å²) in [5.41, 5.74) is 1.83. The van der Waals surface area contributed by atoms with Gasteiger partial charge in [-0.05, 0) is 55.8 Å². The first-order valence-corrected chi connectivity index (χ1v) is 13.7. The van der Waals surface area contributed by atoms with Crippen molar-refractivity contribution >= 4 is 39.1 Å². The quantitative estimate of drug-likeness (QED) is 0.584. The Bertz CT molecular complexity index is 1080. The van der Waals surface area contributed by atoms with Crippen LogP contribution in [0.3, 0.4) is 0 Å². The van der Waals surface area contributed by atoms with Crippen molar-refractivity contribution in [3.05, 3.63) is 59.7 Å². The van der Waals surface area contributed by atoms with Gasteiger partial charge in [0.25, 0.3) is 5.91 Å². The van der Waals surface area contributed by atoms with Crippen LogP contribution >= 0.6 is 11.8 Å². The highest BCUT2D eigenvalue weighted by molar-refractivity contribution is 8.00. The van der Waals surface area contributed by atoms with E-state index in [2.05, 4.69) is 24.5 Å². The fraction of sp³-hybridized carbons (Fsp3) is 0.417. The number of rotatable bonds is 8. The van der Waals surface area contributed by atoms with E-state index in [0.29, 0.717) is 29.1 Å². The minimum atomic E-state index is -3.26. The van der Waals surface area contributed by atoms with Gasteiger partial charge in [-0.25, -0.2) is 8.42 Å². The number of thioether (sulfide) groups is 1. The minimum Gasteiger partial charge on any atom is -0.326 e. The number of anilines is 1. The molecule has 2 aromatic carbocycles. The van der Waals surface area contributed by atoms with E-state index < -0.39 is 9.84 Å². The highest BCUT2D eigenvalue weighted by atomic mass is 32.2. The van der Waals surface area contributed by atoms with Gasteiger partial charge in [0.15, 0.2) is 9.84 Å². The Morgan fingerprint density at radius 2 is 1.70 bits per heavy atom. The van der Waals surface area contributed by atoms with Gasteiger partial charge in [0, 0.05) is 30.5 Å². The second-order valence-electron chi connectivity index (χ2n) is 8.09. The van der Waals surface area contributed by atoms with Crippen LogP contribution in [-0.2, 0) is 21.1 Å². The molecule has 0 spiro atoms. The van der Waals surface area contributed by atoms with Crippen molar-refractivity contribution in [2.24, 2.45) is 0 Å². The molecule has 2 amide bonds. The zero-order valence-corrected chi connectivity index (χ0v) is 21.0. The highest BCUT2D eigenvalue weighted by Crippen LogP contribution is 2.30. The topological polar surface area (TPSA) is 95.6 Å². The first-order valence-electron chi connectivity index (χ1n) is 11.1. The molecule has 1 saturated heterocycles. The van der Waals surface area contributed by atoms with E-state index in [1.165, 1.54) is 12.1 Å². The van der Waals surface area contributed by atoms with Crippen molar-refractivity contribution < 1.29 is 19.4 Å². The number of carbonyl (C=O) groups excluding carboxylic acids is 2. The molecule has 7 nitrogen and oxygen atoms in total. The molecule has 1 fully saturated rings. The van der Waals surface area contributed by atoms with E-state index in [1.54, 1.807) is 55.1 Å². The second-order valence-corrected chi connectivity index (χ2v) is 11.8. The summed E-state index contributed by atoms with van der Waals surface area (Å²) in [6, 6.07) is 13.6. The Morgan fingerprint density at radius 3 is 2.21 bits per heavy atom. The average Bonchev–Trinajstić information content (AvgIpc) is 3.12. The maximum atomic E-state index is 13.0. The van der Waals surface area contributed by atoms with Gasteiger partial charge in [0.1, 0.15) is 5.50 Å². The molecule has 9 heteroatoms. The lowest BCUT2D eigenvalue weighted by Gasteiger charge is -2.27. The van der Waals surface area contributed by atoms with Crippen LogP contribution in [0, 0.1) is 0 Å². The van der Waals surface area contributed by atoms with Crippen LogP contribution in [0.2, 0.25) is 0 Å². The van der Waals surface area contributed by atoms with Gasteiger partial charge in [0.05, 0.1) is 17.1 Å². The summed E-state index contributed by atoms with van der Waals surface area (Å²) in [6.07, 6.45) is 0.123. The summed E-state index contributed by atoms with van der Waals surface area (Å²) in [4.78, 5) is 27.5. The number of nitrogens with one attached hydrogen (secondary N) is 2. The van der Waals surface area contributed by atoms with Crippen molar-refractivity contribution in [3.63, 3.8) is 0 Å². The van der Waals surface area contributed by atoms with Crippen molar-refractivity contribution in [1.29, 1.82) is 0 Å². The maximum Gasteiger partial charge on any atom is 0.255 e. The molecular weight excluding hydrogens is 458 g/mol. The van der Waals surface area contributed by atoms with Gasteiger partial charge in [0.2, 0.25) is 5.91 Å².